The molecule has 150 valence electrons. The molecule has 0 unspecified atom stereocenters. The second-order valence-corrected chi connectivity index (χ2v) is 6.85. The first-order valence-electron chi connectivity index (χ1n) is 9.46. The molecule has 1 amide bonds. The number of methoxy groups -OCH3 is 1. The Balaban J connectivity index is 1.63. The van der Waals surface area contributed by atoms with Crippen LogP contribution in [0.3, 0.4) is 0 Å². The van der Waals surface area contributed by atoms with Gasteiger partial charge in [0.15, 0.2) is 0 Å². The van der Waals surface area contributed by atoms with Crippen molar-refractivity contribution in [1.82, 2.24) is 15.0 Å². The molecule has 2 N–H and O–H groups in total. The van der Waals surface area contributed by atoms with Crippen LogP contribution in [0.4, 0.5) is 17.2 Å². The number of carbonyl (C=O) groups excluding carboxylic acids is 1. The minimum absolute atomic E-state index is 0.252. The zero-order chi connectivity index (χ0) is 21.1. The average Bonchev–Trinajstić information content (AvgIpc) is 2.74. The average molecular weight is 399 g/mol. The molecule has 0 saturated heterocycles. The van der Waals surface area contributed by atoms with Gasteiger partial charge in [-0.05, 0) is 43.7 Å². The lowest BCUT2D eigenvalue weighted by atomic mass is 10.2. The zero-order valence-electron chi connectivity index (χ0n) is 16.9. The third-order valence-electron chi connectivity index (χ3n) is 4.57. The van der Waals surface area contributed by atoms with E-state index in [1.807, 2.05) is 55.5 Å². The van der Waals surface area contributed by atoms with Crippen molar-refractivity contribution >= 4 is 34.0 Å². The number of benzene rings is 2. The minimum atomic E-state index is -0.344. The summed E-state index contributed by atoms with van der Waals surface area (Å²) in [6.07, 6.45) is 1.74. The zero-order valence-corrected chi connectivity index (χ0v) is 16.9. The van der Waals surface area contributed by atoms with Crippen LogP contribution in [-0.4, -0.2) is 28.0 Å². The summed E-state index contributed by atoms with van der Waals surface area (Å²) in [4.78, 5) is 26.0. The van der Waals surface area contributed by atoms with Gasteiger partial charge in [0, 0.05) is 17.6 Å². The summed E-state index contributed by atoms with van der Waals surface area (Å²) in [5, 5.41) is 7.14. The van der Waals surface area contributed by atoms with E-state index in [2.05, 4.69) is 25.6 Å². The van der Waals surface area contributed by atoms with Crippen molar-refractivity contribution in [2.45, 2.75) is 13.8 Å². The molecule has 0 aliphatic heterocycles. The lowest BCUT2D eigenvalue weighted by Crippen LogP contribution is -2.16. The van der Waals surface area contributed by atoms with E-state index < -0.39 is 0 Å². The number of hydrogen-bond donors (Lipinski definition) is 2. The predicted molar refractivity (Wildman–Crippen MR) is 117 cm³/mol. The molecule has 0 aliphatic carbocycles. The van der Waals surface area contributed by atoms with Gasteiger partial charge in [0.2, 0.25) is 0 Å². The number of aryl methyl sites for hydroxylation is 2. The molecule has 0 bridgehead atoms. The van der Waals surface area contributed by atoms with E-state index in [1.165, 1.54) is 0 Å². The maximum absolute atomic E-state index is 12.9. The highest BCUT2D eigenvalue weighted by atomic mass is 16.5. The summed E-state index contributed by atoms with van der Waals surface area (Å²) in [5.41, 5.74) is 3.48. The third-order valence-corrected chi connectivity index (χ3v) is 4.57. The van der Waals surface area contributed by atoms with E-state index in [1.54, 1.807) is 26.3 Å². The third kappa shape index (κ3) is 4.05. The molecule has 4 aromatic rings. The van der Waals surface area contributed by atoms with Crippen molar-refractivity contribution in [3.05, 3.63) is 77.9 Å². The van der Waals surface area contributed by atoms with Crippen molar-refractivity contribution in [3.63, 3.8) is 0 Å². The Kier molecular flexibility index (Phi) is 5.26. The van der Waals surface area contributed by atoms with Gasteiger partial charge in [0.25, 0.3) is 5.91 Å². The number of amides is 1. The highest BCUT2D eigenvalue weighted by Gasteiger charge is 2.14. The smallest absolute Gasteiger partial charge is 0.274 e. The number of hydrogen-bond acceptors (Lipinski definition) is 6. The van der Waals surface area contributed by atoms with Crippen LogP contribution in [0.15, 0.2) is 60.8 Å². The second-order valence-electron chi connectivity index (χ2n) is 6.85. The number of nitrogens with zero attached hydrogens (tertiary/aromatic N) is 3. The molecule has 4 rings (SSSR count). The Bertz CT molecular complexity index is 1230. The topological polar surface area (TPSA) is 89.0 Å². The van der Waals surface area contributed by atoms with Crippen LogP contribution in [0.1, 0.15) is 21.9 Å². The minimum Gasteiger partial charge on any atom is -0.495 e. The predicted octanol–water partition coefficient (Wildman–Crippen LogP) is 4.65. The summed E-state index contributed by atoms with van der Waals surface area (Å²) in [7, 11) is 1.56. The van der Waals surface area contributed by atoms with E-state index >= 15 is 0 Å². The number of aromatic nitrogens is 3. The normalized spacial score (nSPS) is 10.6. The molecule has 2 heterocycles. The molecular weight excluding hydrogens is 378 g/mol. The van der Waals surface area contributed by atoms with E-state index in [9.17, 15) is 4.79 Å². The van der Waals surface area contributed by atoms with Gasteiger partial charge < -0.3 is 15.4 Å². The van der Waals surface area contributed by atoms with Gasteiger partial charge in [-0.3, -0.25) is 9.78 Å². The molecule has 7 nitrogen and oxygen atoms in total. The second kappa shape index (κ2) is 8.16. The highest BCUT2D eigenvalue weighted by Crippen LogP contribution is 2.27. The number of fused-ring (bicyclic) bond motifs is 1. The highest BCUT2D eigenvalue weighted by molar-refractivity contribution is 6.04. The standard InChI is InChI=1S/C23H21N5O2/c1-14-9-10-20(30-3)18(12-14)28-23(29)19-13-21(26-15(2)25-19)27-17-8-4-6-16-7-5-11-24-22(16)17/h4-13H,1-3H3,(H,28,29)(H,25,26,27). The fourth-order valence-electron chi connectivity index (χ4n) is 3.20. The molecule has 0 saturated carbocycles. The van der Waals surface area contributed by atoms with Crippen molar-refractivity contribution in [2.75, 3.05) is 17.7 Å². The summed E-state index contributed by atoms with van der Waals surface area (Å²) in [6.45, 7) is 3.70. The summed E-state index contributed by atoms with van der Waals surface area (Å²) < 4.78 is 5.34. The van der Waals surface area contributed by atoms with Crippen LogP contribution >= 0.6 is 0 Å². The first kappa shape index (κ1) is 19.3. The summed E-state index contributed by atoms with van der Waals surface area (Å²) in [5.74, 6) is 1.24. The summed E-state index contributed by atoms with van der Waals surface area (Å²) in [6, 6.07) is 16.9. The number of ether oxygens (including phenoxy) is 1. The molecular formula is C23H21N5O2. The van der Waals surface area contributed by atoms with Gasteiger partial charge in [-0.15, -0.1) is 0 Å². The van der Waals surface area contributed by atoms with Crippen LogP contribution in [-0.2, 0) is 0 Å². The molecule has 2 aromatic heterocycles. The Morgan fingerprint density at radius 3 is 2.63 bits per heavy atom. The fraction of sp³-hybridized carbons (Fsp3) is 0.130. The Morgan fingerprint density at radius 2 is 1.80 bits per heavy atom. The van der Waals surface area contributed by atoms with Gasteiger partial charge in [-0.25, -0.2) is 9.97 Å². The van der Waals surface area contributed by atoms with Crippen molar-refractivity contribution in [3.8, 4) is 5.75 Å². The number of para-hydroxylation sites is 1. The Labute approximate surface area is 174 Å². The molecule has 7 heteroatoms. The SMILES string of the molecule is COc1ccc(C)cc1NC(=O)c1cc(Nc2cccc3cccnc23)nc(C)n1. The first-order chi connectivity index (χ1) is 14.5. The number of rotatable bonds is 5. The molecule has 0 atom stereocenters. The lowest BCUT2D eigenvalue weighted by molar-refractivity contribution is 0.102. The van der Waals surface area contributed by atoms with E-state index in [4.69, 9.17) is 4.74 Å². The van der Waals surface area contributed by atoms with E-state index in [-0.39, 0.29) is 11.6 Å². The maximum atomic E-state index is 12.9. The van der Waals surface area contributed by atoms with Crippen LogP contribution < -0.4 is 15.4 Å². The Hall–Kier alpha value is -4.00. The summed E-state index contributed by atoms with van der Waals surface area (Å²) >= 11 is 0. The van der Waals surface area contributed by atoms with Crippen molar-refractivity contribution < 1.29 is 9.53 Å². The molecule has 0 radical (unpaired) electrons. The van der Waals surface area contributed by atoms with E-state index in [0.717, 1.165) is 22.2 Å². The Morgan fingerprint density at radius 1 is 0.967 bits per heavy atom. The number of anilines is 3. The van der Waals surface area contributed by atoms with Gasteiger partial charge in [0.1, 0.15) is 23.1 Å². The monoisotopic (exact) mass is 399 g/mol. The number of nitrogens with one attached hydrogen (secondary N) is 2. The van der Waals surface area contributed by atoms with Gasteiger partial charge in [-0.1, -0.05) is 24.3 Å². The van der Waals surface area contributed by atoms with Gasteiger partial charge in [-0.2, -0.15) is 0 Å². The maximum Gasteiger partial charge on any atom is 0.274 e. The molecule has 30 heavy (non-hydrogen) atoms. The number of pyridine rings is 1. The van der Waals surface area contributed by atoms with Crippen molar-refractivity contribution in [1.29, 1.82) is 0 Å². The lowest BCUT2D eigenvalue weighted by Gasteiger charge is -2.12. The molecule has 0 spiro atoms. The quantitative estimate of drug-likeness (QED) is 0.508. The van der Waals surface area contributed by atoms with Crippen LogP contribution in [0.2, 0.25) is 0 Å². The fourth-order valence-corrected chi connectivity index (χ4v) is 3.20. The van der Waals surface area contributed by atoms with Crippen LogP contribution in [0.5, 0.6) is 5.75 Å². The number of carbonyl (C=O) groups is 1. The molecule has 0 aliphatic rings. The van der Waals surface area contributed by atoms with Crippen molar-refractivity contribution in [2.24, 2.45) is 0 Å². The van der Waals surface area contributed by atoms with Gasteiger partial charge >= 0.3 is 0 Å². The first-order valence-corrected chi connectivity index (χ1v) is 9.46. The molecule has 2 aromatic carbocycles. The van der Waals surface area contributed by atoms with E-state index in [0.29, 0.717) is 23.1 Å². The van der Waals surface area contributed by atoms with Gasteiger partial charge in [0.05, 0.1) is 24.0 Å². The van der Waals surface area contributed by atoms with Crippen LogP contribution in [0, 0.1) is 13.8 Å². The molecule has 0 fully saturated rings. The largest absolute Gasteiger partial charge is 0.495 e. The van der Waals surface area contributed by atoms with Crippen LogP contribution in [0.25, 0.3) is 10.9 Å².